The van der Waals surface area contributed by atoms with Crippen LogP contribution < -0.4 is 4.74 Å². The van der Waals surface area contributed by atoms with E-state index in [9.17, 15) is 8.42 Å². The van der Waals surface area contributed by atoms with Crippen LogP contribution in [-0.4, -0.2) is 20.1 Å². The van der Waals surface area contributed by atoms with Crippen molar-refractivity contribution in [1.29, 1.82) is 0 Å². The van der Waals surface area contributed by atoms with E-state index >= 15 is 0 Å². The molecule has 0 radical (unpaired) electrons. The zero-order chi connectivity index (χ0) is 12.8. The molecule has 0 aliphatic carbocycles. The van der Waals surface area contributed by atoms with Crippen LogP contribution in [0.3, 0.4) is 0 Å². The van der Waals surface area contributed by atoms with Gasteiger partial charge in [0.25, 0.3) is 0 Å². The molecule has 0 aliphatic heterocycles. The Morgan fingerprint density at radius 3 is 1.81 bits per heavy atom. The Morgan fingerprint density at radius 1 is 1.19 bits per heavy atom. The van der Waals surface area contributed by atoms with Gasteiger partial charge in [-0.05, 0) is 37.1 Å². The van der Waals surface area contributed by atoms with E-state index in [2.05, 4.69) is 35.5 Å². The Balaban J connectivity index is 0.000000325. The van der Waals surface area contributed by atoms with Gasteiger partial charge in [-0.3, -0.25) is 4.55 Å². The van der Waals surface area contributed by atoms with Crippen LogP contribution in [0.2, 0.25) is 0 Å². The normalized spacial score (nSPS) is 10.3. The summed E-state index contributed by atoms with van der Waals surface area (Å²) in [6.45, 7) is 4.13. The fraction of sp³-hybridized carbons (Fsp3) is 0.333. The van der Waals surface area contributed by atoms with E-state index in [1.165, 1.54) is 11.1 Å². The number of ether oxygens (including phenoxy) is 1. The first-order valence-electron chi connectivity index (χ1n) is 4.18. The van der Waals surface area contributed by atoms with Gasteiger partial charge in [-0.2, -0.15) is 8.42 Å². The van der Waals surface area contributed by atoms with Crippen molar-refractivity contribution in [3.63, 3.8) is 0 Å². The van der Waals surface area contributed by atoms with Crippen LogP contribution in [-0.2, 0) is 14.1 Å². The molecule has 16 heavy (non-hydrogen) atoms. The summed E-state index contributed by atoms with van der Waals surface area (Å²) in [5.74, 6) is 0.942. The molecule has 1 aromatic carbocycles. The van der Waals surface area contributed by atoms with E-state index in [0.717, 1.165) is 5.75 Å². The van der Waals surface area contributed by atoms with Crippen LogP contribution in [0.4, 0.5) is 0 Å². The van der Waals surface area contributed by atoms with E-state index in [4.69, 9.17) is 9.29 Å². The third-order valence-corrected chi connectivity index (χ3v) is 2.15. The summed E-state index contributed by atoms with van der Waals surface area (Å²) in [5.41, 5.74) is 2.49. The van der Waals surface area contributed by atoms with Gasteiger partial charge >= 0.3 is 10.4 Å². The van der Waals surface area contributed by atoms with Crippen molar-refractivity contribution in [2.45, 2.75) is 13.8 Å². The maximum Gasteiger partial charge on any atom is 0.413 e. The monoisotopic (exact) mass is 268 g/mol. The molecule has 1 rings (SSSR count). The number of hydrogen-bond acceptors (Lipinski definition) is 4. The molecule has 0 atom stereocenters. The molecule has 7 heteroatoms. The molecule has 1 N–H and O–H groups in total. The number of benzene rings is 1. The van der Waals surface area contributed by atoms with E-state index in [-0.39, 0.29) is 0 Å². The average molecular weight is 269 g/mol. The Labute approximate surface area is 100 Å². The second-order valence-electron chi connectivity index (χ2n) is 3.02. The van der Waals surface area contributed by atoms with Crippen LogP contribution in [0, 0.1) is 13.8 Å². The smallest absolute Gasteiger partial charge is 0.413 e. The molecule has 0 saturated carbocycles. The maximum absolute atomic E-state index is 9.20. The van der Waals surface area contributed by atoms with Crippen molar-refractivity contribution in [2.24, 2.45) is 0 Å². The summed E-state index contributed by atoms with van der Waals surface area (Å²) in [4.78, 5) is 0. The van der Waals surface area contributed by atoms with Crippen molar-refractivity contribution < 1.29 is 21.4 Å². The summed E-state index contributed by atoms with van der Waals surface area (Å²) in [5, 5.41) is 0. The van der Waals surface area contributed by atoms with Crippen LogP contribution in [0.15, 0.2) is 18.2 Å². The molecule has 0 fully saturated rings. The molecule has 1 aromatic rings. The van der Waals surface area contributed by atoms with Gasteiger partial charge in [-0.25, -0.2) is 0 Å². The molecule has 0 aromatic heterocycles. The highest BCUT2D eigenvalue weighted by Gasteiger charge is 1.97. The molecule has 0 bridgehead atoms. The number of aryl methyl sites for hydroxylation is 2. The lowest BCUT2D eigenvalue weighted by molar-refractivity contribution is 0.400. The summed E-state index contributed by atoms with van der Waals surface area (Å²) in [6, 6.07) is 6.17. The van der Waals surface area contributed by atoms with E-state index < -0.39 is 10.4 Å². The van der Waals surface area contributed by atoms with Gasteiger partial charge in [0.1, 0.15) is 5.75 Å². The number of methoxy groups -OCH3 is 1. The first-order valence-corrected chi connectivity index (χ1v) is 5.86. The minimum Gasteiger partial charge on any atom is -0.497 e. The van der Waals surface area contributed by atoms with Gasteiger partial charge in [0.2, 0.25) is 0 Å². The fourth-order valence-corrected chi connectivity index (χ4v) is 1.05. The van der Waals surface area contributed by atoms with Crippen molar-refractivity contribution in [3.05, 3.63) is 29.3 Å². The lowest BCUT2D eigenvalue weighted by Crippen LogP contribution is -1.92. The topological polar surface area (TPSA) is 72.8 Å². The number of halogens is 1. The summed E-state index contributed by atoms with van der Waals surface area (Å²) in [6.07, 6.45) is 0. The first-order chi connectivity index (χ1) is 7.28. The Kier molecular flexibility index (Phi) is 6.35. The summed E-state index contributed by atoms with van der Waals surface area (Å²) < 4.78 is 33.9. The molecule has 0 unspecified atom stereocenters. The van der Waals surface area contributed by atoms with E-state index in [0.29, 0.717) is 0 Å². The van der Waals surface area contributed by atoms with Gasteiger partial charge in [-0.1, -0.05) is 6.07 Å². The lowest BCUT2D eigenvalue weighted by atomic mass is 10.1. The van der Waals surface area contributed by atoms with Crippen molar-refractivity contribution in [1.82, 2.24) is 0 Å². The van der Waals surface area contributed by atoms with Gasteiger partial charge in [-0.15, -0.1) is 3.74 Å². The SMILES string of the molecule is COc1cc(C)cc(C)c1.O=S(=O)(O)OCl. The second kappa shape index (κ2) is 6.70. The molecular weight excluding hydrogens is 256 g/mol. The Hall–Kier alpha value is -0.820. The van der Waals surface area contributed by atoms with Gasteiger partial charge < -0.3 is 4.74 Å². The van der Waals surface area contributed by atoms with Crippen molar-refractivity contribution in [2.75, 3.05) is 7.11 Å². The number of rotatable bonds is 2. The molecule has 0 heterocycles. The quantitative estimate of drug-likeness (QED) is 0.833. The van der Waals surface area contributed by atoms with Gasteiger partial charge in [0.05, 0.1) is 19.0 Å². The van der Waals surface area contributed by atoms with Crippen LogP contribution in [0.25, 0.3) is 0 Å². The van der Waals surface area contributed by atoms with Crippen molar-refractivity contribution >= 4 is 22.3 Å². The predicted octanol–water partition coefficient (Wildman–Crippen LogP) is 2.27. The van der Waals surface area contributed by atoms with Gasteiger partial charge in [0.15, 0.2) is 0 Å². The summed E-state index contributed by atoms with van der Waals surface area (Å²) >= 11 is 4.14. The third-order valence-electron chi connectivity index (χ3n) is 1.51. The molecule has 0 amide bonds. The number of hydrogen-bond donors (Lipinski definition) is 1. The van der Waals surface area contributed by atoms with Crippen LogP contribution in [0.1, 0.15) is 11.1 Å². The molecule has 92 valence electrons. The zero-order valence-electron chi connectivity index (χ0n) is 9.10. The summed E-state index contributed by atoms with van der Waals surface area (Å²) in [7, 11) is -2.71. The molecule has 0 spiro atoms. The Morgan fingerprint density at radius 2 is 1.56 bits per heavy atom. The molecular formula is C9H13ClO5S. The average Bonchev–Trinajstić information content (AvgIpc) is 2.16. The molecule has 0 aliphatic rings. The van der Waals surface area contributed by atoms with Crippen LogP contribution in [0.5, 0.6) is 5.75 Å². The Bertz CT molecular complexity index is 409. The van der Waals surface area contributed by atoms with Crippen LogP contribution >= 0.6 is 11.9 Å². The first kappa shape index (κ1) is 15.2. The van der Waals surface area contributed by atoms with E-state index in [1.54, 1.807) is 7.11 Å². The highest BCUT2D eigenvalue weighted by atomic mass is 35.5. The second-order valence-corrected chi connectivity index (χ2v) is 4.38. The minimum absolute atomic E-state index is 0.942. The van der Waals surface area contributed by atoms with E-state index in [1.807, 2.05) is 12.1 Å². The molecule has 5 nitrogen and oxygen atoms in total. The largest absolute Gasteiger partial charge is 0.497 e. The fourth-order valence-electron chi connectivity index (χ4n) is 1.05. The molecule has 0 saturated heterocycles. The van der Waals surface area contributed by atoms with Gasteiger partial charge in [0, 0.05) is 0 Å². The third kappa shape index (κ3) is 7.47. The predicted molar refractivity (Wildman–Crippen MR) is 61.0 cm³/mol. The standard InChI is InChI=1S/C9H12O.ClHO4S/c1-7-4-8(2)6-9(5-7)10-3;1-5-6(2,3)4/h4-6H,1-3H3;(H,2,3,4). The minimum atomic E-state index is -4.40. The highest BCUT2D eigenvalue weighted by molar-refractivity contribution is 7.81. The van der Waals surface area contributed by atoms with Crippen molar-refractivity contribution in [3.8, 4) is 5.75 Å². The zero-order valence-corrected chi connectivity index (χ0v) is 10.7. The maximum atomic E-state index is 9.20. The highest BCUT2D eigenvalue weighted by Crippen LogP contribution is 2.14. The lowest BCUT2D eigenvalue weighted by Gasteiger charge is -2.01.